The number of benzene rings is 1. The Hall–Kier alpha value is -1.66. The topological polar surface area (TPSA) is 62.2 Å². The van der Waals surface area contributed by atoms with Gasteiger partial charge in [-0.1, -0.05) is 13.8 Å². The Morgan fingerprint density at radius 3 is 2.75 bits per heavy atom. The highest BCUT2D eigenvalue weighted by molar-refractivity contribution is 7.98. The molecule has 0 fully saturated rings. The molecule has 0 aliphatic rings. The fourth-order valence-corrected chi connectivity index (χ4v) is 2.95. The molecule has 0 saturated carbocycles. The normalized spacial score (nSPS) is 12.6. The molecule has 24 heavy (non-hydrogen) atoms. The molecule has 130 valence electrons. The summed E-state index contributed by atoms with van der Waals surface area (Å²) in [6.07, 6.45) is 2.65. The van der Waals surface area contributed by atoms with Crippen LogP contribution in [0, 0.1) is 5.82 Å². The molecule has 2 aromatic rings. The van der Waals surface area contributed by atoms with Crippen molar-refractivity contribution in [1.29, 1.82) is 0 Å². The van der Waals surface area contributed by atoms with Crippen molar-refractivity contribution >= 4 is 28.6 Å². The zero-order valence-electron chi connectivity index (χ0n) is 14.2. The molecular weight excluding hydrogens is 327 g/mol. The van der Waals surface area contributed by atoms with Crippen molar-refractivity contribution < 1.29 is 14.3 Å². The molecule has 0 spiro atoms. The number of nitrogens with zero attached hydrogens (tertiary/aromatic N) is 1. The van der Waals surface area contributed by atoms with Crippen molar-refractivity contribution in [3.8, 4) is 0 Å². The van der Waals surface area contributed by atoms with Crippen LogP contribution in [0.2, 0.25) is 0 Å². The van der Waals surface area contributed by atoms with Crippen LogP contribution in [0.4, 0.5) is 4.39 Å². The third kappa shape index (κ3) is 4.45. The Kier molecular flexibility index (Phi) is 6.57. The first-order valence-electron chi connectivity index (χ1n) is 7.97. The van der Waals surface area contributed by atoms with Crippen molar-refractivity contribution in [2.75, 3.05) is 18.6 Å². The van der Waals surface area contributed by atoms with E-state index in [0.29, 0.717) is 22.9 Å². The second-order valence-corrected chi connectivity index (χ2v) is 7.03. The van der Waals surface area contributed by atoms with Gasteiger partial charge in [-0.15, -0.1) is 0 Å². The minimum atomic E-state index is -0.406. The fraction of sp³-hybridized carbons (Fsp3) is 0.444. The number of fused-ring (bicyclic) bond motifs is 1. The van der Waals surface area contributed by atoms with Crippen LogP contribution in [0.15, 0.2) is 24.3 Å². The molecule has 1 aromatic carbocycles. The maximum absolute atomic E-state index is 13.6. The molecule has 0 saturated heterocycles. The van der Waals surface area contributed by atoms with E-state index < -0.39 is 5.82 Å². The first-order chi connectivity index (χ1) is 11.5. The average Bonchev–Trinajstić information content (AvgIpc) is 2.57. The van der Waals surface area contributed by atoms with Gasteiger partial charge >= 0.3 is 0 Å². The Labute approximate surface area is 145 Å². The molecule has 0 unspecified atom stereocenters. The van der Waals surface area contributed by atoms with Gasteiger partial charge in [0.05, 0.1) is 23.7 Å². The van der Waals surface area contributed by atoms with Gasteiger partial charge in [-0.3, -0.25) is 9.78 Å². The lowest BCUT2D eigenvalue weighted by atomic mass is 10.0. The van der Waals surface area contributed by atoms with Crippen LogP contribution in [0.5, 0.6) is 0 Å². The summed E-state index contributed by atoms with van der Waals surface area (Å²) in [6, 6.07) is 5.66. The van der Waals surface area contributed by atoms with Crippen LogP contribution in [-0.4, -0.2) is 40.7 Å². The second kappa shape index (κ2) is 8.44. The monoisotopic (exact) mass is 350 g/mol. The van der Waals surface area contributed by atoms with Gasteiger partial charge in [0.1, 0.15) is 5.82 Å². The molecule has 0 aliphatic heterocycles. The van der Waals surface area contributed by atoms with Crippen molar-refractivity contribution in [3.05, 3.63) is 41.3 Å². The maximum Gasteiger partial charge on any atom is 0.252 e. The molecule has 1 amide bonds. The van der Waals surface area contributed by atoms with E-state index in [1.807, 2.05) is 20.1 Å². The SMILES string of the molecule is CSCC[C@H](CO)NC(=O)c1cc(C(C)C)nc2ccc(F)cc12. The highest BCUT2D eigenvalue weighted by atomic mass is 32.2. The van der Waals surface area contributed by atoms with Gasteiger partial charge < -0.3 is 10.4 Å². The number of aliphatic hydroxyl groups excluding tert-OH is 1. The fourth-order valence-electron chi connectivity index (χ4n) is 2.43. The molecule has 0 aliphatic carbocycles. The minimum Gasteiger partial charge on any atom is -0.394 e. The van der Waals surface area contributed by atoms with E-state index in [1.54, 1.807) is 23.9 Å². The number of hydrogen-bond acceptors (Lipinski definition) is 4. The number of carbonyl (C=O) groups excluding carboxylic acids is 1. The van der Waals surface area contributed by atoms with Gasteiger partial charge in [-0.05, 0) is 48.6 Å². The van der Waals surface area contributed by atoms with Crippen LogP contribution in [0.1, 0.15) is 42.2 Å². The summed E-state index contributed by atoms with van der Waals surface area (Å²) in [7, 11) is 0. The van der Waals surface area contributed by atoms with Crippen LogP contribution >= 0.6 is 11.8 Å². The number of aliphatic hydroxyl groups is 1. The Morgan fingerprint density at radius 2 is 2.12 bits per heavy atom. The zero-order chi connectivity index (χ0) is 17.7. The van der Waals surface area contributed by atoms with Crippen LogP contribution in [0.25, 0.3) is 10.9 Å². The van der Waals surface area contributed by atoms with Gasteiger partial charge in [0.15, 0.2) is 0 Å². The van der Waals surface area contributed by atoms with Gasteiger partial charge in [0, 0.05) is 11.1 Å². The summed E-state index contributed by atoms with van der Waals surface area (Å²) in [5, 5.41) is 12.8. The van der Waals surface area contributed by atoms with Crippen LogP contribution in [-0.2, 0) is 0 Å². The van der Waals surface area contributed by atoms with E-state index in [0.717, 1.165) is 11.4 Å². The first-order valence-corrected chi connectivity index (χ1v) is 9.36. The molecule has 0 bridgehead atoms. The van der Waals surface area contributed by atoms with Gasteiger partial charge in [-0.2, -0.15) is 11.8 Å². The largest absolute Gasteiger partial charge is 0.394 e. The second-order valence-electron chi connectivity index (χ2n) is 6.05. The maximum atomic E-state index is 13.6. The Morgan fingerprint density at radius 1 is 1.38 bits per heavy atom. The van der Waals surface area contributed by atoms with E-state index in [-0.39, 0.29) is 24.5 Å². The van der Waals surface area contributed by atoms with E-state index in [1.165, 1.54) is 12.1 Å². The minimum absolute atomic E-state index is 0.124. The molecule has 1 heterocycles. The van der Waals surface area contributed by atoms with E-state index in [4.69, 9.17) is 0 Å². The van der Waals surface area contributed by atoms with Gasteiger partial charge in [0.2, 0.25) is 0 Å². The van der Waals surface area contributed by atoms with Crippen LogP contribution in [0.3, 0.4) is 0 Å². The highest BCUT2D eigenvalue weighted by Crippen LogP contribution is 2.23. The quantitative estimate of drug-likeness (QED) is 0.804. The number of rotatable bonds is 7. The predicted molar refractivity (Wildman–Crippen MR) is 97.1 cm³/mol. The Bertz CT molecular complexity index is 721. The summed E-state index contributed by atoms with van der Waals surface area (Å²) in [5.74, 6) is 0.275. The molecule has 2 N–H and O–H groups in total. The third-order valence-corrected chi connectivity index (χ3v) is 4.50. The van der Waals surface area contributed by atoms with E-state index in [9.17, 15) is 14.3 Å². The van der Waals surface area contributed by atoms with E-state index in [2.05, 4.69) is 10.3 Å². The standard InChI is InChI=1S/C18H23FN2O2S/c1-11(2)17-9-15(14-8-12(19)4-5-16(14)21-17)18(23)20-13(10-22)6-7-24-3/h4-5,8-9,11,13,22H,6-7,10H2,1-3H3,(H,20,23)/t13-/m1/s1. The van der Waals surface area contributed by atoms with Crippen molar-refractivity contribution in [2.24, 2.45) is 0 Å². The summed E-state index contributed by atoms with van der Waals surface area (Å²) >= 11 is 1.66. The first kappa shape index (κ1) is 18.7. The number of pyridine rings is 1. The molecule has 4 nitrogen and oxygen atoms in total. The number of hydrogen-bond donors (Lipinski definition) is 2. The smallest absolute Gasteiger partial charge is 0.252 e. The molecule has 6 heteroatoms. The molecule has 1 atom stereocenters. The van der Waals surface area contributed by atoms with E-state index >= 15 is 0 Å². The third-order valence-electron chi connectivity index (χ3n) is 3.85. The molecule has 0 radical (unpaired) electrons. The van der Waals surface area contributed by atoms with Gasteiger partial charge in [0.25, 0.3) is 5.91 Å². The molecule has 2 rings (SSSR count). The predicted octanol–water partition coefficient (Wildman–Crippen LogP) is 3.34. The van der Waals surface area contributed by atoms with Crippen molar-refractivity contribution in [2.45, 2.75) is 32.2 Å². The summed E-state index contributed by atoms with van der Waals surface area (Å²) < 4.78 is 13.6. The summed E-state index contributed by atoms with van der Waals surface area (Å²) in [5.41, 5.74) is 1.77. The van der Waals surface area contributed by atoms with Crippen molar-refractivity contribution in [3.63, 3.8) is 0 Å². The molecule has 1 aromatic heterocycles. The highest BCUT2D eigenvalue weighted by Gasteiger charge is 2.18. The molecular formula is C18H23FN2O2S. The lowest BCUT2D eigenvalue weighted by Crippen LogP contribution is -2.38. The lowest BCUT2D eigenvalue weighted by Gasteiger charge is -2.17. The summed E-state index contributed by atoms with van der Waals surface area (Å²) in [6.45, 7) is 3.86. The lowest BCUT2D eigenvalue weighted by molar-refractivity contribution is 0.0917. The number of thioether (sulfide) groups is 1. The number of aromatic nitrogens is 1. The summed E-state index contributed by atoms with van der Waals surface area (Å²) in [4.78, 5) is 17.2. The van der Waals surface area contributed by atoms with Crippen molar-refractivity contribution in [1.82, 2.24) is 10.3 Å². The zero-order valence-corrected chi connectivity index (χ0v) is 15.0. The number of carbonyl (C=O) groups is 1. The average molecular weight is 350 g/mol. The number of amides is 1. The number of nitrogens with one attached hydrogen (secondary N) is 1. The number of halogens is 1. The van der Waals surface area contributed by atoms with Gasteiger partial charge in [-0.25, -0.2) is 4.39 Å². The van der Waals surface area contributed by atoms with Crippen LogP contribution < -0.4 is 5.32 Å². The Balaban J connectivity index is 2.41.